The summed E-state index contributed by atoms with van der Waals surface area (Å²) < 4.78 is 5.06. The Bertz CT molecular complexity index is 297. The number of morpholine rings is 1. The zero-order valence-electron chi connectivity index (χ0n) is 8.18. The maximum absolute atomic E-state index is 11.5. The summed E-state index contributed by atoms with van der Waals surface area (Å²) in [4.78, 5) is 23.2. The van der Waals surface area contributed by atoms with Gasteiger partial charge in [-0.15, -0.1) is 0 Å². The van der Waals surface area contributed by atoms with E-state index in [0.29, 0.717) is 13.2 Å². The van der Waals surface area contributed by atoms with Crippen LogP contribution in [0.5, 0.6) is 0 Å². The second-order valence-electron chi connectivity index (χ2n) is 3.22. The van der Waals surface area contributed by atoms with Crippen LogP contribution in [0.25, 0.3) is 0 Å². The smallest absolute Gasteiger partial charge is 0.303 e. The van der Waals surface area contributed by atoms with Crippen LogP contribution in [0.4, 0.5) is 0 Å². The van der Waals surface area contributed by atoms with Crippen LogP contribution in [0.2, 0.25) is 0 Å². The number of nitrogens with zero attached hydrogens (tertiary/aromatic N) is 2. The van der Waals surface area contributed by atoms with Crippen molar-refractivity contribution >= 4 is 11.9 Å². The second kappa shape index (κ2) is 5.32. The fourth-order valence-electron chi connectivity index (χ4n) is 1.33. The van der Waals surface area contributed by atoms with Crippen LogP contribution in [0.3, 0.4) is 0 Å². The molecule has 1 saturated heterocycles. The van der Waals surface area contributed by atoms with Crippen molar-refractivity contribution in [1.29, 1.82) is 5.26 Å². The standard InChI is InChI=1S/C9H12N2O4/c10-5-7-6-11(3-4-15-7)8(12)1-2-9(13)14/h7H,1-4,6H2,(H,13,14). The molecule has 0 radical (unpaired) electrons. The van der Waals surface area contributed by atoms with Gasteiger partial charge in [0.2, 0.25) is 5.91 Å². The number of carbonyl (C=O) groups is 2. The van der Waals surface area contributed by atoms with Gasteiger partial charge >= 0.3 is 5.97 Å². The fraction of sp³-hybridized carbons (Fsp3) is 0.667. The number of rotatable bonds is 3. The van der Waals surface area contributed by atoms with Crippen LogP contribution < -0.4 is 0 Å². The van der Waals surface area contributed by atoms with Crippen molar-refractivity contribution in [3.05, 3.63) is 0 Å². The number of hydrogen-bond acceptors (Lipinski definition) is 4. The molecule has 1 heterocycles. The van der Waals surface area contributed by atoms with Crippen LogP contribution in [0.15, 0.2) is 0 Å². The molecule has 0 aliphatic carbocycles. The lowest BCUT2D eigenvalue weighted by atomic mass is 10.2. The molecule has 1 fully saturated rings. The summed E-state index contributed by atoms with van der Waals surface area (Å²) >= 11 is 0. The van der Waals surface area contributed by atoms with E-state index < -0.39 is 12.1 Å². The molecular formula is C9H12N2O4. The third kappa shape index (κ3) is 3.56. The second-order valence-corrected chi connectivity index (χ2v) is 3.22. The molecule has 6 nitrogen and oxygen atoms in total. The summed E-state index contributed by atoms with van der Waals surface area (Å²) in [5.74, 6) is -1.23. The maximum atomic E-state index is 11.5. The predicted molar refractivity (Wildman–Crippen MR) is 48.8 cm³/mol. The molecule has 0 saturated carbocycles. The molecule has 15 heavy (non-hydrogen) atoms. The van der Waals surface area contributed by atoms with Gasteiger partial charge in [0, 0.05) is 13.0 Å². The van der Waals surface area contributed by atoms with E-state index in [0.717, 1.165) is 0 Å². The van der Waals surface area contributed by atoms with Crippen molar-refractivity contribution in [1.82, 2.24) is 4.90 Å². The highest BCUT2D eigenvalue weighted by molar-refractivity contribution is 5.80. The summed E-state index contributed by atoms with van der Waals surface area (Å²) in [6.45, 7) is 0.989. The summed E-state index contributed by atoms with van der Waals surface area (Å²) in [5, 5.41) is 17.0. The van der Waals surface area contributed by atoms with E-state index in [9.17, 15) is 9.59 Å². The first-order valence-electron chi connectivity index (χ1n) is 4.64. The minimum absolute atomic E-state index is 0.0204. The van der Waals surface area contributed by atoms with Crippen LogP contribution >= 0.6 is 0 Å². The minimum atomic E-state index is -0.992. The monoisotopic (exact) mass is 212 g/mol. The maximum Gasteiger partial charge on any atom is 0.303 e. The van der Waals surface area contributed by atoms with Gasteiger partial charge in [0.15, 0.2) is 6.10 Å². The molecule has 82 valence electrons. The molecular weight excluding hydrogens is 200 g/mol. The number of aliphatic carboxylic acids is 1. The number of carboxylic acid groups (broad SMARTS) is 1. The van der Waals surface area contributed by atoms with E-state index in [1.165, 1.54) is 4.90 Å². The predicted octanol–water partition coefficient (Wildman–Crippen LogP) is -0.398. The molecule has 1 aliphatic heterocycles. The Morgan fingerprint density at radius 3 is 2.87 bits per heavy atom. The molecule has 1 amide bonds. The van der Waals surface area contributed by atoms with Gasteiger partial charge in [-0.1, -0.05) is 0 Å². The summed E-state index contributed by atoms with van der Waals surface area (Å²) in [7, 11) is 0. The molecule has 0 aromatic heterocycles. The average Bonchev–Trinajstić information content (AvgIpc) is 2.26. The largest absolute Gasteiger partial charge is 0.481 e. The first-order valence-corrected chi connectivity index (χ1v) is 4.64. The average molecular weight is 212 g/mol. The molecule has 0 spiro atoms. The molecule has 0 bridgehead atoms. The highest BCUT2D eigenvalue weighted by Gasteiger charge is 2.23. The lowest BCUT2D eigenvalue weighted by Crippen LogP contribution is -2.45. The first-order chi connectivity index (χ1) is 7.13. The Balaban J connectivity index is 2.39. The Morgan fingerprint density at radius 2 is 2.27 bits per heavy atom. The van der Waals surface area contributed by atoms with Crippen molar-refractivity contribution in [2.75, 3.05) is 19.7 Å². The highest BCUT2D eigenvalue weighted by atomic mass is 16.5. The molecule has 0 aromatic carbocycles. The minimum Gasteiger partial charge on any atom is -0.481 e. The Kier molecular flexibility index (Phi) is 4.06. The van der Waals surface area contributed by atoms with Crippen LogP contribution in [-0.2, 0) is 14.3 Å². The van der Waals surface area contributed by atoms with Gasteiger partial charge in [-0.3, -0.25) is 9.59 Å². The normalized spacial score (nSPS) is 20.7. The Hall–Kier alpha value is -1.61. The highest BCUT2D eigenvalue weighted by Crippen LogP contribution is 2.07. The van der Waals surface area contributed by atoms with Crippen molar-refractivity contribution < 1.29 is 19.4 Å². The first kappa shape index (κ1) is 11.5. The van der Waals surface area contributed by atoms with E-state index >= 15 is 0 Å². The van der Waals surface area contributed by atoms with Gasteiger partial charge in [-0.25, -0.2) is 0 Å². The SMILES string of the molecule is N#CC1CN(C(=O)CCC(=O)O)CCO1. The Labute approximate surface area is 87.0 Å². The summed E-state index contributed by atoms with van der Waals surface area (Å²) in [5.41, 5.74) is 0. The molecule has 1 N–H and O–H groups in total. The molecule has 1 aliphatic rings. The number of nitriles is 1. The molecule has 1 unspecified atom stereocenters. The quantitative estimate of drug-likeness (QED) is 0.687. The van der Waals surface area contributed by atoms with Gasteiger partial charge in [-0.2, -0.15) is 5.26 Å². The van der Waals surface area contributed by atoms with Crippen molar-refractivity contribution in [3.8, 4) is 6.07 Å². The van der Waals surface area contributed by atoms with E-state index in [1.807, 2.05) is 6.07 Å². The molecule has 6 heteroatoms. The fourth-order valence-corrected chi connectivity index (χ4v) is 1.33. The van der Waals surface area contributed by atoms with Crippen LogP contribution in [0, 0.1) is 11.3 Å². The van der Waals surface area contributed by atoms with Gasteiger partial charge < -0.3 is 14.7 Å². The molecule has 1 atom stereocenters. The van der Waals surface area contributed by atoms with E-state index in [-0.39, 0.29) is 25.3 Å². The molecule has 1 rings (SSSR count). The zero-order chi connectivity index (χ0) is 11.3. The van der Waals surface area contributed by atoms with Crippen LogP contribution in [-0.4, -0.2) is 47.7 Å². The summed E-state index contributed by atoms with van der Waals surface area (Å²) in [6, 6.07) is 1.92. The third-order valence-corrected chi connectivity index (χ3v) is 2.12. The van der Waals surface area contributed by atoms with Gasteiger partial charge in [0.1, 0.15) is 0 Å². The topological polar surface area (TPSA) is 90.6 Å². The van der Waals surface area contributed by atoms with Crippen molar-refractivity contribution in [3.63, 3.8) is 0 Å². The van der Waals surface area contributed by atoms with Crippen molar-refractivity contribution in [2.45, 2.75) is 18.9 Å². The lowest BCUT2D eigenvalue weighted by molar-refractivity contribution is -0.143. The van der Waals surface area contributed by atoms with Crippen molar-refractivity contribution in [2.24, 2.45) is 0 Å². The van der Waals surface area contributed by atoms with E-state index in [1.54, 1.807) is 0 Å². The van der Waals surface area contributed by atoms with Crippen LogP contribution in [0.1, 0.15) is 12.8 Å². The van der Waals surface area contributed by atoms with Gasteiger partial charge in [0.05, 0.1) is 25.6 Å². The number of amides is 1. The number of ether oxygens (including phenoxy) is 1. The Morgan fingerprint density at radius 1 is 1.53 bits per heavy atom. The number of carboxylic acids is 1. The van der Waals surface area contributed by atoms with E-state index in [2.05, 4.69) is 0 Å². The molecule has 0 aromatic rings. The van der Waals surface area contributed by atoms with E-state index in [4.69, 9.17) is 15.1 Å². The van der Waals surface area contributed by atoms with Gasteiger partial charge in [0.25, 0.3) is 0 Å². The van der Waals surface area contributed by atoms with Gasteiger partial charge in [-0.05, 0) is 0 Å². The lowest BCUT2D eigenvalue weighted by Gasteiger charge is -2.29. The zero-order valence-corrected chi connectivity index (χ0v) is 8.18. The summed E-state index contributed by atoms with van der Waals surface area (Å²) in [6.07, 6.45) is -0.784. The third-order valence-electron chi connectivity index (χ3n) is 2.12. The number of hydrogen-bond donors (Lipinski definition) is 1. The number of carbonyl (C=O) groups excluding carboxylic acids is 1.